The molecule has 0 atom stereocenters. The van der Waals surface area contributed by atoms with E-state index in [0.29, 0.717) is 29.2 Å². The third kappa shape index (κ3) is 4.42. The van der Waals surface area contributed by atoms with Gasteiger partial charge in [0.05, 0.1) is 22.6 Å². The molecule has 0 spiro atoms. The highest BCUT2D eigenvalue weighted by molar-refractivity contribution is 9.10. The van der Waals surface area contributed by atoms with Crippen molar-refractivity contribution in [1.82, 2.24) is 4.31 Å². The van der Waals surface area contributed by atoms with Gasteiger partial charge in [0.1, 0.15) is 0 Å². The normalized spacial score (nSPS) is 18.0. The Morgan fingerprint density at radius 1 is 1.33 bits per heavy atom. The van der Waals surface area contributed by atoms with Gasteiger partial charge < -0.3 is 4.74 Å². The summed E-state index contributed by atoms with van der Waals surface area (Å²) in [5, 5.41) is 1.29. The van der Waals surface area contributed by atoms with E-state index in [1.807, 2.05) is 0 Å². The summed E-state index contributed by atoms with van der Waals surface area (Å²) in [7, 11) is -3.47. The summed E-state index contributed by atoms with van der Waals surface area (Å²) in [5.74, 6) is 0. The Balaban J connectivity index is 2.06. The second-order valence-electron chi connectivity index (χ2n) is 4.74. The van der Waals surface area contributed by atoms with Gasteiger partial charge in [0, 0.05) is 22.9 Å². The molecule has 1 fully saturated rings. The number of hydrogen-bond donors (Lipinski definition) is 0. The second-order valence-corrected chi connectivity index (χ2v) is 8.73. The van der Waals surface area contributed by atoms with Crippen LogP contribution in [0.4, 0.5) is 0 Å². The first kappa shape index (κ1) is 17.7. The molecule has 4 nitrogen and oxygen atoms in total. The minimum absolute atomic E-state index is 0.144. The molecule has 1 aliphatic heterocycles. The SMILES string of the molecule is O=S(=O)(c1ccc(Cl)c(Br)c1)N1CCC(OCCBr)CC1. The average molecular weight is 462 g/mol. The van der Waals surface area contributed by atoms with E-state index in [4.69, 9.17) is 16.3 Å². The molecular weight excluding hydrogens is 445 g/mol. The van der Waals surface area contributed by atoms with Crippen molar-refractivity contribution in [2.24, 2.45) is 0 Å². The molecule has 1 heterocycles. The van der Waals surface area contributed by atoms with Crippen LogP contribution in [0.3, 0.4) is 0 Å². The van der Waals surface area contributed by atoms with Crippen molar-refractivity contribution in [3.8, 4) is 0 Å². The molecule has 0 amide bonds. The van der Waals surface area contributed by atoms with Gasteiger partial charge in [-0.15, -0.1) is 0 Å². The number of nitrogens with zero attached hydrogens (tertiary/aromatic N) is 1. The monoisotopic (exact) mass is 459 g/mol. The standard InChI is InChI=1S/C13H16Br2ClNO3S/c14-5-8-20-10-3-6-17(7-4-10)21(18,19)11-1-2-13(16)12(15)9-11/h1-2,9-10H,3-8H2. The molecule has 21 heavy (non-hydrogen) atoms. The molecule has 0 aromatic heterocycles. The van der Waals surface area contributed by atoms with Crippen molar-refractivity contribution >= 4 is 53.5 Å². The first-order valence-electron chi connectivity index (χ1n) is 6.58. The van der Waals surface area contributed by atoms with Gasteiger partial charge in [-0.3, -0.25) is 0 Å². The Morgan fingerprint density at radius 2 is 2.00 bits per heavy atom. The van der Waals surface area contributed by atoms with E-state index in [1.54, 1.807) is 12.1 Å². The summed E-state index contributed by atoms with van der Waals surface area (Å²) in [6.45, 7) is 1.62. The predicted molar refractivity (Wildman–Crippen MR) is 90.7 cm³/mol. The van der Waals surface area contributed by atoms with Gasteiger partial charge in [0.25, 0.3) is 0 Å². The fourth-order valence-electron chi connectivity index (χ4n) is 2.24. The highest BCUT2D eigenvalue weighted by Gasteiger charge is 2.29. The van der Waals surface area contributed by atoms with Crippen LogP contribution in [-0.2, 0) is 14.8 Å². The molecule has 0 saturated carbocycles. The van der Waals surface area contributed by atoms with E-state index in [1.165, 1.54) is 10.4 Å². The Morgan fingerprint density at radius 3 is 2.57 bits per heavy atom. The first-order valence-corrected chi connectivity index (χ1v) is 10.3. The summed E-state index contributed by atoms with van der Waals surface area (Å²) in [6, 6.07) is 4.67. The van der Waals surface area contributed by atoms with Crippen LogP contribution in [0.5, 0.6) is 0 Å². The summed E-state index contributed by atoms with van der Waals surface area (Å²) < 4.78 is 32.9. The summed E-state index contributed by atoms with van der Waals surface area (Å²) in [6.07, 6.45) is 1.59. The van der Waals surface area contributed by atoms with E-state index in [0.717, 1.165) is 18.2 Å². The third-order valence-corrected chi connectivity index (χ3v) is 6.79. The Kier molecular flexibility index (Phi) is 6.52. The molecule has 0 N–H and O–H groups in total. The van der Waals surface area contributed by atoms with Crippen LogP contribution >= 0.6 is 43.5 Å². The zero-order chi connectivity index (χ0) is 15.5. The molecule has 1 aliphatic rings. The minimum atomic E-state index is -3.47. The summed E-state index contributed by atoms with van der Waals surface area (Å²) in [5.41, 5.74) is 0. The molecule has 2 rings (SSSR count). The number of hydrogen-bond acceptors (Lipinski definition) is 3. The van der Waals surface area contributed by atoms with Gasteiger partial charge in [0.15, 0.2) is 0 Å². The zero-order valence-electron chi connectivity index (χ0n) is 11.3. The molecular formula is C13H16Br2ClNO3S. The van der Waals surface area contributed by atoms with Crippen molar-refractivity contribution in [1.29, 1.82) is 0 Å². The number of sulfonamides is 1. The van der Waals surface area contributed by atoms with Crippen LogP contribution < -0.4 is 0 Å². The maximum absolute atomic E-state index is 12.6. The van der Waals surface area contributed by atoms with Crippen LogP contribution in [-0.4, -0.2) is 43.9 Å². The van der Waals surface area contributed by atoms with Gasteiger partial charge in [-0.2, -0.15) is 4.31 Å². The van der Waals surface area contributed by atoms with Crippen LogP contribution in [0.25, 0.3) is 0 Å². The number of halogens is 3. The number of benzene rings is 1. The van der Waals surface area contributed by atoms with E-state index in [-0.39, 0.29) is 11.0 Å². The maximum atomic E-state index is 12.6. The summed E-state index contributed by atoms with van der Waals surface area (Å²) in [4.78, 5) is 0.263. The van der Waals surface area contributed by atoms with Crippen LogP contribution in [0.15, 0.2) is 27.6 Å². The lowest BCUT2D eigenvalue weighted by Crippen LogP contribution is -2.41. The maximum Gasteiger partial charge on any atom is 0.243 e. The first-order chi connectivity index (χ1) is 9.95. The lowest BCUT2D eigenvalue weighted by Gasteiger charge is -2.31. The molecule has 0 aliphatic carbocycles. The lowest BCUT2D eigenvalue weighted by molar-refractivity contribution is 0.0309. The fraction of sp³-hybridized carbons (Fsp3) is 0.538. The van der Waals surface area contributed by atoms with Crippen molar-refractivity contribution in [2.45, 2.75) is 23.8 Å². The Hall–Kier alpha value is 0.340. The third-order valence-electron chi connectivity index (χ3n) is 3.36. The Bertz CT molecular complexity index is 589. The van der Waals surface area contributed by atoms with Gasteiger partial charge in [-0.1, -0.05) is 27.5 Å². The van der Waals surface area contributed by atoms with Crippen LogP contribution in [0.2, 0.25) is 5.02 Å². The summed E-state index contributed by atoms with van der Waals surface area (Å²) >= 11 is 12.5. The highest BCUT2D eigenvalue weighted by atomic mass is 79.9. The number of ether oxygens (including phenoxy) is 1. The molecule has 0 radical (unpaired) electrons. The molecule has 8 heteroatoms. The van der Waals surface area contributed by atoms with Gasteiger partial charge in [-0.05, 0) is 47.0 Å². The van der Waals surface area contributed by atoms with Crippen molar-refractivity contribution in [3.05, 3.63) is 27.7 Å². The van der Waals surface area contributed by atoms with E-state index >= 15 is 0 Å². The van der Waals surface area contributed by atoms with Crippen molar-refractivity contribution in [2.75, 3.05) is 25.0 Å². The number of alkyl halides is 1. The molecule has 1 aromatic rings. The van der Waals surface area contributed by atoms with Gasteiger partial charge in [0.2, 0.25) is 10.0 Å². The molecule has 118 valence electrons. The average Bonchev–Trinajstić information content (AvgIpc) is 2.48. The predicted octanol–water partition coefficient (Wildman–Crippen LogP) is 3.67. The minimum Gasteiger partial charge on any atom is -0.377 e. The zero-order valence-corrected chi connectivity index (χ0v) is 16.0. The smallest absolute Gasteiger partial charge is 0.243 e. The molecule has 0 bridgehead atoms. The fourth-order valence-corrected chi connectivity index (χ4v) is 4.57. The van der Waals surface area contributed by atoms with Crippen LogP contribution in [0, 0.1) is 0 Å². The van der Waals surface area contributed by atoms with E-state index < -0.39 is 10.0 Å². The molecule has 1 aromatic carbocycles. The largest absolute Gasteiger partial charge is 0.377 e. The van der Waals surface area contributed by atoms with E-state index in [9.17, 15) is 8.42 Å². The molecule has 0 unspecified atom stereocenters. The lowest BCUT2D eigenvalue weighted by atomic mass is 10.1. The second kappa shape index (κ2) is 7.75. The highest BCUT2D eigenvalue weighted by Crippen LogP contribution is 2.28. The van der Waals surface area contributed by atoms with E-state index in [2.05, 4.69) is 31.9 Å². The number of rotatable bonds is 5. The van der Waals surface area contributed by atoms with Gasteiger partial charge in [-0.25, -0.2) is 8.42 Å². The van der Waals surface area contributed by atoms with Crippen molar-refractivity contribution < 1.29 is 13.2 Å². The quantitative estimate of drug-likeness (QED) is 0.629. The topological polar surface area (TPSA) is 46.6 Å². The van der Waals surface area contributed by atoms with Crippen molar-refractivity contribution in [3.63, 3.8) is 0 Å². The van der Waals surface area contributed by atoms with Gasteiger partial charge >= 0.3 is 0 Å². The molecule has 1 saturated heterocycles. The van der Waals surface area contributed by atoms with Crippen LogP contribution in [0.1, 0.15) is 12.8 Å². The Labute approximate surface area is 147 Å². The number of piperidine rings is 1.